The molecule has 74 valence electrons. The van der Waals surface area contributed by atoms with Gasteiger partial charge in [0.1, 0.15) is 5.75 Å². The third-order valence-electron chi connectivity index (χ3n) is 1.72. The Morgan fingerprint density at radius 1 is 1.29 bits per heavy atom. The first-order chi connectivity index (χ1) is 6.63. The van der Waals surface area contributed by atoms with Crippen molar-refractivity contribution >= 4 is 22.9 Å². The van der Waals surface area contributed by atoms with Crippen molar-refractivity contribution in [3.05, 3.63) is 35.9 Å². The van der Waals surface area contributed by atoms with Crippen LogP contribution in [0.25, 0.3) is 5.70 Å². The van der Waals surface area contributed by atoms with E-state index in [0.717, 1.165) is 11.3 Å². The molecule has 0 aliphatic heterocycles. The number of methoxy groups -OCH3 is 1. The van der Waals surface area contributed by atoms with Gasteiger partial charge in [0, 0.05) is 5.70 Å². The van der Waals surface area contributed by atoms with Crippen LogP contribution in [0.15, 0.2) is 30.3 Å². The van der Waals surface area contributed by atoms with Crippen LogP contribution in [-0.4, -0.2) is 12.1 Å². The monoisotopic (exact) mass is 208 g/mol. The predicted molar refractivity (Wildman–Crippen MR) is 61.9 cm³/mol. The van der Waals surface area contributed by atoms with Gasteiger partial charge in [0.15, 0.2) is 0 Å². The summed E-state index contributed by atoms with van der Waals surface area (Å²) < 4.78 is 5.02. The Balaban J connectivity index is 2.92. The van der Waals surface area contributed by atoms with Crippen molar-refractivity contribution in [2.75, 3.05) is 7.11 Å². The fourth-order valence-corrected chi connectivity index (χ4v) is 1.15. The molecule has 0 aliphatic rings. The molecular weight excluding hydrogens is 196 g/mol. The number of rotatable bonds is 3. The van der Waals surface area contributed by atoms with Crippen LogP contribution in [-0.2, 0) is 0 Å². The second-order valence-corrected chi connectivity index (χ2v) is 3.20. The molecule has 0 heterocycles. The second kappa shape index (κ2) is 4.62. The van der Waals surface area contributed by atoms with Gasteiger partial charge in [-0.3, -0.25) is 0 Å². The number of hydrogen-bond acceptors (Lipinski definition) is 3. The van der Waals surface area contributed by atoms with Crippen molar-refractivity contribution in [2.45, 2.75) is 0 Å². The zero-order chi connectivity index (χ0) is 10.6. The highest BCUT2D eigenvalue weighted by Crippen LogP contribution is 2.14. The Labute approximate surface area is 88.4 Å². The van der Waals surface area contributed by atoms with Crippen molar-refractivity contribution in [1.29, 1.82) is 0 Å². The van der Waals surface area contributed by atoms with Crippen LogP contribution in [0, 0.1) is 0 Å². The average Bonchev–Trinajstić information content (AvgIpc) is 2.17. The lowest BCUT2D eigenvalue weighted by Gasteiger charge is -2.03. The summed E-state index contributed by atoms with van der Waals surface area (Å²) in [6.07, 6.45) is 1.55. The van der Waals surface area contributed by atoms with Crippen molar-refractivity contribution in [2.24, 2.45) is 11.5 Å². The summed E-state index contributed by atoms with van der Waals surface area (Å²) >= 11 is 4.72. The largest absolute Gasteiger partial charge is 0.497 e. The summed E-state index contributed by atoms with van der Waals surface area (Å²) in [5.74, 6) is 0.789. The molecule has 4 heteroatoms. The molecule has 1 rings (SSSR count). The third-order valence-corrected chi connectivity index (χ3v) is 1.84. The van der Waals surface area contributed by atoms with Crippen LogP contribution >= 0.6 is 12.2 Å². The molecule has 0 saturated carbocycles. The summed E-state index contributed by atoms with van der Waals surface area (Å²) in [5.41, 5.74) is 12.5. The number of thiocarbonyl (C=S) groups is 1. The van der Waals surface area contributed by atoms with Crippen LogP contribution in [0.1, 0.15) is 5.56 Å². The van der Waals surface area contributed by atoms with Gasteiger partial charge in [-0.05, 0) is 35.9 Å². The van der Waals surface area contributed by atoms with Crippen LogP contribution in [0.3, 0.4) is 0 Å². The summed E-state index contributed by atoms with van der Waals surface area (Å²) in [7, 11) is 1.61. The maximum atomic E-state index is 5.74. The molecule has 0 aromatic heterocycles. The highest BCUT2D eigenvalue weighted by atomic mass is 32.1. The normalized spacial score (nSPS) is 11.1. The molecule has 0 aliphatic carbocycles. The molecule has 0 saturated heterocycles. The van der Waals surface area contributed by atoms with Gasteiger partial charge in [-0.25, -0.2) is 0 Å². The highest BCUT2D eigenvalue weighted by molar-refractivity contribution is 7.80. The number of nitrogens with two attached hydrogens (primary N) is 2. The standard InChI is InChI=1S/C10H12N2OS/c1-13-8-4-2-7(3-5-8)9(11)6-10(12)14/h2-6H,11H2,1H3,(H2,12,14)/b9-6+. The summed E-state index contributed by atoms with van der Waals surface area (Å²) in [4.78, 5) is 0.276. The lowest BCUT2D eigenvalue weighted by Crippen LogP contribution is -2.07. The summed E-state index contributed by atoms with van der Waals surface area (Å²) in [6, 6.07) is 7.36. The van der Waals surface area contributed by atoms with Gasteiger partial charge in [0.25, 0.3) is 0 Å². The van der Waals surface area contributed by atoms with Gasteiger partial charge in [-0.15, -0.1) is 0 Å². The van der Waals surface area contributed by atoms with E-state index in [2.05, 4.69) is 0 Å². The Kier molecular flexibility index (Phi) is 3.48. The summed E-state index contributed by atoms with van der Waals surface area (Å²) in [6.45, 7) is 0. The van der Waals surface area contributed by atoms with Crippen molar-refractivity contribution in [3.63, 3.8) is 0 Å². The van der Waals surface area contributed by atoms with E-state index in [1.807, 2.05) is 24.3 Å². The topological polar surface area (TPSA) is 61.3 Å². The van der Waals surface area contributed by atoms with Crippen LogP contribution < -0.4 is 16.2 Å². The maximum Gasteiger partial charge on any atom is 0.118 e. The van der Waals surface area contributed by atoms with E-state index in [4.69, 9.17) is 28.4 Å². The van der Waals surface area contributed by atoms with Gasteiger partial charge in [-0.1, -0.05) is 12.2 Å². The van der Waals surface area contributed by atoms with Crippen molar-refractivity contribution < 1.29 is 4.74 Å². The van der Waals surface area contributed by atoms with Gasteiger partial charge < -0.3 is 16.2 Å². The quantitative estimate of drug-likeness (QED) is 0.580. The van der Waals surface area contributed by atoms with E-state index in [0.29, 0.717) is 5.70 Å². The Hall–Kier alpha value is -1.55. The molecular formula is C10H12N2OS. The minimum absolute atomic E-state index is 0.276. The highest BCUT2D eigenvalue weighted by Gasteiger charge is 1.97. The lowest BCUT2D eigenvalue weighted by molar-refractivity contribution is 0.415. The van der Waals surface area contributed by atoms with E-state index in [1.165, 1.54) is 0 Å². The third kappa shape index (κ3) is 2.74. The van der Waals surface area contributed by atoms with Gasteiger partial charge in [0.2, 0.25) is 0 Å². The fraction of sp³-hybridized carbons (Fsp3) is 0.100. The SMILES string of the molecule is COc1ccc(/C(N)=C\C(N)=S)cc1. The fourth-order valence-electron chi connectivity index (χ4n) is 1.02. The number of hydrogen-bond donors (Lipinski definition) is 2. The average molecular weight is 208 g/mol. The molecule has 0 radical (unpaired) electrons. The maximum absolute atomic E-state index is 5.74. The molecule has 0 fully saturated rings. The zero-order valence-electron chi connectivity index (χ0n) is 7.86. The molecule has 1 aromatic rings. The summed E-state index contributed by atoms with van der Waals surface area (Å²) in [5, 5.41) is 0. The van der Waals surface area contributed by atoms with Crippen molar-refractivity contribution in [1.82, 2.24) is 0 Å². The van der Waals surface area contributed by atoms with E-state index in [-0.39, 0.29) is 4.99 Å². The first-order valence-electron chi connectivity index (χ1n) is 4.04. The van der Waals surface area contributed by atoms with Crippen LogP contribution in [0.2, 0.25) is 0 Å². The Morgan fingerprint density at radius 2 is 1.86 bits per heavy atom. The van der Waals surface area contributed by atoms with E-state index < -0.39 is 0 Å². The molecule has 0 unspecified atom stereocenters. The van der Waals surface area contributed by atoms with E-state index in [9.17, 15) is 0 Å². The lowest BCUT2D eigenvalue weighted by atomic mass is 10.1. The molecule has 4 N–H and O–H groups in total. The molecule has 0 amide bonds. The van der Waals surface area contributed by atoms with Gasteiger partial charge in [0.05, 0.1) is 12.1 Å². The van der Waals surface area contributed by atoms with E-state index in [1.54, 1.807) is 13.2 Å². The predicted octanol–water partition coefficient (Wildman–Crippen LogP) is 1.28. The number of ether oxygens (including phenoxy) is 1. The molecule has 3 nitrogen and oxygen atoms in total. The molecule has 14 heavy (non-hydrogen) atoms. The minimum atomic E-state index is 0.276. The van der Waals surface area contributed by atoms with Gasteiger partial charge in [-0.2, -0.15) is 0 Å². The van der Waals surface area contributed by atoms with E-state index >= 15 is 0 Å². The van der Waals surface area contributed by atoms with Crippen molar-refractivity contribution in [3.8, 4) is 5.75 Å². The zero-order valence-corrected chi connectivity index (χ0v) is 8.67. The Bertz CT molecular complexity index is 357. The Morgan fingerprint density at radius 3 is 2.29 bits per heavy atom. The molecule has 0 bridgehead atoms. The first-order valence-corrected chi connectivity index (χ1v) is 4.45. The minimum Gasteiger partial charge on any atom is -0.497 e. The molecule has 0 atom stereocenters. The molecule has 1 aromatic carbocycles. The van der Waals surface area contributed by atoms with Gasteiger partial charge >= 0.3 is 0 Å². The first kappa shape index (κ1) is 10.5. The smallest absolute Gasteiger partial charge is 0.118 e. The van der Waals surface area contributed by atoms with Crippen LogP contribution in [0.5, 0.6) is 5.75 Å². The number of benzene rings is 1. The van der Waals surface area contributed by atoms with Crippen LogP contribution in [0.4, 0.5) is 0 Å². The molecule has 0 spiro atoms. The second-order valence-electron chi connectivity index (χ2n) is 2.73.